The fourth-order valence-electron chi connectivity index (χ4n) is 8.00. The zero-order valence-corrected chi connectivity index (χ0v) is 22.0. The summed E-state index contributed by atoms with van der Waals surface area (Å²) >= 11 is 0. The number of phenols is 1. The van der Waals surface area contributed by atoms with E-state index in [1.165, 1.54) is 6.08 Å². The van der Waals surface area contributed by atoms with Crippen molar-refractivity contribution < 1.29 is 24.3 Å². The lowest BCUT2D eigenvalue weighted by Crippen LogP contribution is -2.43. The molecule has 198 valence electrons. The van der Waals surface area contributed by atoms with Gasteiger partial charge < -0.3 is 5.11 Å². The summed E-state index contributed by atoms with van der Waals surface area (Å²) in [6, 6.07) is 11.0. The van der Waals surface area contributed by atoms with Gasteiger partial charge in [-0.05, 0) is 61.6 Å². The van der Waals surface area contributed by atoms with Gasteiger partial charge in [0.15, 0.2) is 11.6 Å². The minimum Gasteiger partial charge on any atom is -0.507 e. The molecule has 5 aliphatic rings. The summed E-state index contributed by atoms with van der Waals surface area (Å²) in [5, 5.41) is 12.1. The Hall–Kier alpha value is -3.80. The lowest BCUT2D eigenvalue weighted by atomic mass is 9.59. The van der Waals surface area contributed by atoms with Crippen LogP contribution in [0.3, 0.4) is 0 Å². The third kappa shape index (κ3) is 3.46. The predicted molar refractivity (Wildman–Crippen MR) is 146 cm³/mol. The summed E-state index contributed by atoms with van der Waals surface area (Å²) in [6.45, 7) is 1.68. The Morgan fingerprint density at radius 1 is 0.872 bits per heavy atom. The van der Waals surface area contributed by atoms with Gasteiger partial charge in [-0.1, -0.05) is 61.2 Å². The Morgan fingerprint density at radius 3 is 2.38 bits per heavy atom. The van der Waals surface area contributed by atoms with Crippen LogP contribution >= 0.6 is 0 Å². The van der Waals surface area contributed by atoms with Crippen LogP contribution in [0.15, 0.2) is 70.8 Å². The fraction of sp³-hybridized carbons (Fsp3) is 0.394. The third-order valence-corrected chi connectivity index (χ3v) is 9.78. The number of rotatable bonds is 2. The van der Waals surface area contributed by atoms with Crippen molar-refractivity contribution in [2.75, 3.05) is 0 Å². The number of aromatic hydroxyl groups is 1. The number of carbonyl (C=O) groups is 4. The molecular weight excluding hydrogens is 490 g/mol. The maximum Gasteiger partial charge on any atom is 0.233 e. The Labute approximate surface area is 227 Å². The second-order valence-corrected chi connectivity index (χ2v) is 11.8. The molecule has 6 heteroatoms. The highest BCUT2D eigenvalue weighted by Gasteiger charge is 2.57. The molecule has 1 aliphatic heterocycles. The van der Waals surface area contributed by atoms with Gasteiger partial charge in [0.2, 0.25) is 11.8 Å². The summed E-state index contributed by atoms with van der Waals surface area (Å²) in [6.07, 6.45) is 9.14. The standard InChI is InChI=1S/C33H31NO5/c1-17-15-27(36)25-16-24-22(11-12-23-29(24)33(39)34(32(23)38)18-7-3-2-4-8-18)28(30(25)31(17)37)21-13-14-26(35)20-10-6-5-9-19(20)21/h5-6,9-11,13-15,18,23-24,28-29,35H,2-4,7-8,12,16H2,1H3. The second-order valence-electron chi connectivity index (χ2n) is 11.8. The van der Waals surface area contributed by atoms with Crippen molar-refractivity contribution in [3.8, 4) is 5.75 Å². The molecule has 0 radical (unpaired) electrons. The molecule has 1 saturated heterocycles. The van der Waals surface area contributed by atoms with Crippen molar-refractivity contribution in [1.29, 1.82) is 0 Å². The van der Waals surface area contributed by atoms with E-state index in [0.717, 1.165) is 48.6 Å². The highest BCUT2D eigenvalue weighted by atomic mass is 16.3. The van der Waals surface area contributed by atoms with E-state index in [0.29, 0.717) is 34.9 Å². The summed E-state index contributed by atoms with van der Waals surface area (Å²) in [4.78, 5) is 56.3. The molecule has 1 N–H and O–H groups in total. The van der Waals surface area contributed by atoms with Crippen LogP contribution in [0.1, 0.15) is 63.4 Å². The van der Waals surface area contributed by atoms with E-state index >= 15 is 0 Å². The third-order valence-electron chi connectivity index (χ3n) is 9.78. The monoisotopic (exact) mass is 521 g/mol. The van der Waals surface area contributed by atoms with E-state index in [4.69, 9.17) is 0 Å². The molecule has 4 aliphatic carbocycles. The largest absolute Gasteiger partial charge is 0.507 e. The maximum atomic E-state index is 14.0. The molecule has 1 heterocycles. The number of carbonyl (C=O) groups excluding carboxylic acids is 4. The summed E-state index contributed by atoms with van der Waals surface area (Å²) in [5.74, 6) is -2.13. The van der Waals surface area contributed by atoms with Crippen LogP contribution in [0.25, 0.3) is 10.8 Å². The van der Waals surface area contributed by atoms with Gasteiger partial charge in [0.05, 0.1) is 11.8 Å². The van der Waals surface area contributed by atoms with Crippen molar-refractivity contribution >= 4 is 34.2 Å². The SMILES string of the molecule is CC1=CC(=O)C2=C(C1=O)C(c1ccc(O)c3ccccc13)C1=CCC3C(=O)N(C4CCCCC4)C(=O)C3C1C2. The number of amides is 2. The number of likely N-dealkylation sites (tertiary alicyclic amines) is 1. The Kier molecular flexibility index (Phi) is 5.51. The summed E-state index contributed by atoms with van der Waals surface area (Å²) < 4.78 is 0. The molecule has 6 nitrogen and oxygen atoms in total. The van der Waals surface area contributed by atoms with E-state index in [1.807, 2.05) is 30.3 Å². The number of allylic oxidation sites excluding steroid dienone is 6. The lowest BCUT2D eigenvalue weighted by molar-refractivity contribution is -0.143. The summed E-state index contributed by atoms with van der Waals surface area (Å²) in [5.41, 5.74) is 3.15. The molecule has 7 rings (SSSR count). The van der Waals surface area contributed by atoms with Crippen molar-refractivity contribution in [3.63, 3.8) is 0 Å². The van der Waals surface area contributed by atoms with Gasteiger partial charge in [0, 0.05) is 34.1 Å². The highest BCUT2D eigenvalue weighted by Crippen LogP contribution is 2.56. The van der Waals surface area contributed by atoms with E-state index < -0.39 is 17.8 Å². The Bertz CT molecular complexity index is 1570. The number of hydrogen-bond acceptors (Lipinski definition) is 5. The number of hydrogen-bond donors (Lipinski definition) is 1. The Morgan fingerprint density at radius 2 is 1.62 bits per heavy atom. The number of fused-ring (bicyclic) bond motifs is 4. The van der Waals surface area contributed by atoms with Crippen LogP contribution < -0.4 is 0 Å². The van der Waals surface area contributed by atoms with Crippen molar-refractivity contribution in [2.45, 2.75) is 63.8 Å². The number of Topliss-reactive ketones (excluding diaryl/α,β-unsaturated/α-hetero) is 1. The number of benzene rings is 2. The highest BCUT2D eigenvalue weighted by molar-refractivity contribution is 6.24. The topological polar surface area (TPSA) is 91.8 Å². The van der Waals surface area contributed by atoms with E-state index in [2.05, 4.69) is 6.08 Å². The maximum absolute atomic E-state index is 14.0. The molecule has 2 fully saturated rings. The first-order valence-electron chi connectivity index (χ1n) is 14.1. The van der Waals surface area contributed by atoms with E-state index in [9.17, 15) is 24.3 Å². The molecule has 2 amide bonds. The van der Waals surface area contributed by atoms with Crippen molar-refractivity contribution in [1.82, 2.24) is 4.90 Å². The molecular formula is C33H31NO5. The van der Waals surface area contributed by atoms with Gasteiger partial charge >= 0.3 is 0 Å². The number of nitrogens with zero attached hydrogens (tertiary/aromatic N) is 1. The Balaban J connectivity index is 1.40. The molecule has 4 unspecified atom stereocenters. The average Bonchev–Trinajstić information content (AvgIpc) is 3.21. The quantitative estimate of drug-likeness (QED) is 0.329. The number of ketones is 2. The van der Waals surface area contributed by atoms with E-state index in [1.54, 1.807) is 17.9 Å². The van der Waals surface area contributed by atoms with E-state index in [-0.39, 0.29) is 41.1 Å². The van der Waals surface area contributed by atoms with Crippen LogP contribution in [-0.4, -0.2) is 39.4 Å². The lowest BCUT2D eigenvalue weighted by Gasteiger charge is -2.42. The minimum atomic E-state index is -0.519. The fourth-order valence-corrected chi connectivity index (χ4v) is 8.00. The predicted octanol–water partition coefficient (Wildman–Crippen LogP) is 5.31. The molecule has 0 aromatic heterocycles. The van der Waals surface area contributed by atoms with Crippen LogP contribution in [-0.2, 0) is 19.2 Å². The molecule has 4 atom stereocenters. The molecule has 1 saturated carbocycles. The zero-order chi connectivity index (χ0) is 27.0. The zero-order valence-electron chi connectivity index (χ0n) is 22.0. The van der Waals surface area contributed by atoms with Gasteiger partial charge in [0.1, 0.15) is 5.75 Å². The van der Waals surface area contributed by atoms with Gasteiger partial charge in [-0.2, -0.15) is 0 Å². The van der Waals surface area contributed by atoms with Crippen molar-refractivity contribution in [2.24, 2.45) is 17.8 Å². The van der Waals surface area contributed by atoms with Gasteiger partial charge in [-0.3, -0.25) is 24.1 Å². The second kappa shape index (κ2) is 8.87. The van der Waals surface area contributed by atoms with Crippen LogP contribution in [0.4, 0.5) is 0 Å². The summed E-state index contributed by atoms with van der Waals surface area (Å²) in [7, 11) is 0. The first kappa shape index (κ1) is 24.3. The van der Waals surface area contributed by atoms with Crippen LogP contribution in [0.5, 0.6) is 5.75 Å². The average molecular weight is 522 g/mol. The minimum absolute atomic E-state index is 0.0357. The van der Waals surface area contributed by atoms with Gasteiger partial charge in [-0.15, -0.1) is 0 Å². The van der Waals surface area contributed by atoms with Crippen LogP contribution in [0.2, 0.25) is 0 Å². The smallest absolute Gasteiger partial charge is 0.233 e. The van der Waals surface area contributed by atoms with Gasteiger partial charge in [0.25, 0.3) is 0 Å². The normalized spacial score (nSPS) is 29.3. The molecule has 39 heavy (non-hydrogen) atoms. The van der Waals surface area contributed by atoms with Gasteiger partial charge in [-0.25, -0.2) is 0 Å². The molecule has 0 bridgehead atoms. The number of phenolic OH excluding ortho intramolecular Hbond substituents is 1. The number of imide groups is 1. The van der Waals surface area contributed by atoms with Crippen LogP contribution in [0, 0.1) is 17.8 Å². The first-order chi connectivity index (χ1) is 18.9. The molecule has 2 aromatic carbocycles. The molecule has 2 aromatic rings. The molecule has 0 spiro atoms. The van der Waals surface area contributed by atoms with Crippen molar-refractivity contribution in [3.05, 3.63) is 76.4 Å². The first-order valence-corrected chi connectivity index (χ1v) is 14.1.